The van der Waals surface area contributed by atoms with Gasteiger partial charge in [-0.1, -0.05) is 24.3 Å². The van der Waals surface area contributed by atoms with Crippen molar-refractivity contribution >= 4 is 28.8 Å². The lowest BCUT2D eigenvalue weighted by Crippen LogP contribution is -2.24. The predicted octanol–water partition coefficient (Wildman–Crippen LogP) is 4.61. The number of nitrogens with zero attached hydrogens (tertiary/aromatic N) is 1. The number of nitrogens with one attached hydrogen (secondary N) is 1. The molecule has 144 valence electrons. The van der Waals surface area contributed by atoms with Crippen LogP contribution in [0.1, 0.15) is 31.1 Å². The van der Waals surface area contributed by atoms with Gasteiger partial charge in [-0.25, -0.2) is 9.78 Å². The second kappa shape index (κ2) is 7.60. The number of hydrogen-bond donors (Lipinski definition) is 3. The Bertz CT molecular complexity index is 992. The largest absolute Gasteiger partial charge is 0.456 e. The zero-order valence-electron chi connectivity index (χ0n) is 16.2. The van der Waals surface area contributed by atoms with Crippen molar-refractivity contribution in [1.82, 2.24) is 4.98 Å². The van der Waals surface area contributed by atoms with Crippen LogP contribution in [0.4, 0.5) is 22.9 Å². The number of nitrogens with two attached hydrogens (primary N) is 2. The topological polar surface area (TPSA) is 103 Å². The second-order valence-electron chi connectivity index (χ2n) is 7.41. The Hall–Kier alpha value is -3.54. The fourth-order valence-corrected chi connectivity index (χ4v) is 2.72. The van der Waals surface area contributed by atoms with Crippen LogP contribution in [0.15, 0.2) is 60.8 Å². The molecule has 0 atom stereocenters. The van der Waals surface area contributed by atoms with Crippen LogP contribution in [0.25, 0.3) is 11.1 Å². The lowest BCUT2D eigenvalue weighted by Gasteiger charge is -2.20. The smallest absolute Gasteiger partial charge is 0.340 e. The number of carbonyl (C=O) groups is 1. The molecule has 1 aromatic heterocycles. The van der Waals surface area contributed by atoms with E-state index < -0.39 is 11.6 Å². The van der Waals surface area contributed by atoms with Gasteiger partial charge in [0.2, 0.25) is 0 Å². The molecule has 0 saturated heterocycles. The van der Waals surface area contributed by atoms with Crippen LogP contribution >= 0.6 is 0 Å². The fraction of sp³-hybridized carbons (Fsp3) is 0.182. The number of nitrogen functional groups attached to an aromatic ring is 2. The number of benzene rings is 2. The van der Waals surface area contributed by atoms with Crippen molar-refractivity contribution in [2.75, 3.05) is 16.8 Å². The monoisotopic (exact) mass is 376 g/mol. The Morgan fingerprint density at radius 1 is 1.00 bits per heavy atom. The molecule has 0 radical (unpaired) electrons. The third-order valence-corrected chi connectivity index (χ3v) is 4.02. The molecular weight excluding hydrogens is 352 g/mol. The van der Waals surface area contributed by atoms with Gasteiger partial charge >= 0.3 is 5.97 Å². The maximum absolute atomic E-state index is 12.4. The number of rotatable bonds is 4. The highest BCUT2D eigenvalue weighted by molar-refractivity contribution is 5.99. The molecular formula is C22H24N4O2. The zero-order chi connectivity index (χ0) is 20.3. The first-order valence-electron chi connectivity index (χ1n) is 8.94. The average Bonchev–Trinajstić information content (AvgIpc) is 2.63. The second-order valence-corrected chi connectivity index (χ2v) is 7.41. The molecule has 6 nitrogen and oxygen atoms in total. The van der Waals surface area contributed by atoms with E-state index in [-0.39, 0.29) is 0 Å². The average molecular weight is 376 g/mol. The van der Waals surface area contributed by atoms with Crippen LogP contribution in [0.3, 0.4) is 0 Å². The molecule has 3 aromatic rings. The van der Waals surface area contributed by atoms with Gasteiger partial charge in [-0.05, 0) is 56.7 Å². The summed E-state index contributed by atoms with van der Waals surface area (Å²) in [6.45, 7) is 5.47. The fourth-order valence-electron chi connectivity index (χ4n) is 2.72. The maximum Gasteiger partial charge on any atom is 0.340 e. The number of carbonyl (C=O) groups excluding carboxylic acids is 1. The Kier molecular flexibility index (Phi) is 5.22. The summed E-state index contributed by atoms with van der Waals surface area (Å²) in [7, 11) is 0. The van der Waals surface area contributed by atoms with Crippen molar-refractivity contribution in [3.05, 3.63) is 66.4 Å². The molecule has 0 saturated carbocycles. The van der Waals surface area contributed by atoms with E-state index in [1.54, 1.807) is 30.5 Å². The van der Waals surface area contributed by atoms with Crippen molar-refractivity contribution in [1.29, 1.82) is 0 Å². The number of aromatic nitrogens is 1. The van der Waals surface area contributed by atoms with E-state index in [2.05, 4.69) is 10.3 Å². The molecule has 0 fully saturated rings. The first-order valence-corrected chi connectivity index (χ1v) is 8.94. The highest BCUT2D eigenvalue weighted by Crippen LogP contribution is 2.31. The van der Waals surface area contributed by atoms with E-state index in [0.717, 1.165) is 16.8 Å². The minimum atomic E-state index is -0.583. The molecule has 3 rings (SSSR count). The van der Waals surface area contributed by atoms with Crippen molar-refractivity contribution < 1.29 is 9.53 Å². The molecule has 0 aliphatic carbocycles. The van der Waals surface area contributed by atoms with Crippen LogP contribution in [0.5, 0.6) is 0 Å². The summed E-state index contributed by atoms with van der Waals surface area (Å²) < 4.78 is 5.44. The number of hydrogen-bond acceptors (Lipinski definition) is 6. The van der Waals surface area contributed by atoms with Gasteiger partial charge in [0, 0.05) is 17.4 Å². The lowest BCUT2D eigenvalue weighted by molar-refractivity contribution is 0.00708. The first kappa shape index (κ1) is 19.2. The van der Waals surface area contributed by atoms with Crippen molar-refractivity contribution in [3.63, 3.8) is 0 Å². The van der Waals surface area contributed by atoms with Crippen molar-refractivity contribution in [3.8, 4) is 11.1 Å². The van der Waals surface area contributed by atoms with E-state index >= 15 is 0 Å². The molecule has 0 unspecified atom stereocenters. The van der Waals surface area contributed by atoms with Crippen LogP contribution in [-0.4, -0.2) is 16.6 Å². The molecule has 1 heterocycles. The van der Waals surface area contributed by atoms with Gasteiger partial charge in [-0.15, -0.1) is 0 Å². The van der Waals surface area contributed by atoms with E-state index in [4.69, 9.17) is 16.2 Å². The third-order valence-electron chi connectivity index (χ3n) is 4.02. The Balaban J connectivity index is 1.85. The molecule has 0 amide bonds. The normalized spacial score (nSPS) is 11.1. The molecule has 28 heavy (non-hydrogen) atoms. The Labute approximate surface area is 164 Å². The summed E-state index contributed by atoms with van der Waals surface area (Å²) in [5.41, 5.74) is 15.4. The number of pyridine rings is 1. The zero-order valence-corrected chi connectivity index (χ0v) is 16.2. The summed E-state index contributed by atoms with van der Waals surface area (Å²) in [5.74, 6) is 0.164. The summed E-state index contributed by atoms with van der Waals surface area (Å²) >= 11 is 0. The standard InChI is InChI=1S/C22H24N4O2/c1-22(2,3)28-21(27)17-7-4-6-16(19(17)24)14-9-11-15(12-10-14)26-20-18(23)8-5-13-25-20/h4-13H,23-24H2,1-3H3,(H,25,26). The first-order chi connectivity index (χ1) is 13.2. The highest BCUT2D eigenvalue weighted by Gasteiger charge is 2.21. The summed E-state index contributed by atoms with van der Waals surface area (Å²) in [4.78, 5) is 16.6. The molecule has 5 N–H and O–H groups in total. The quantitative estimate of drug-likeness (QED) is 0.454. The van der Waals surface area contributed by atoms with Gasteiger partial charge in [-0.2, -0.15) is 0 Å². The minimum Gasteiger partial charge on any atom is -0.456 e. The number of anilines is 4. The summed E-state index contributed by atoms with van der Waals surface area (Å²) in [5, 5.41) is 3.18. The van der Waals surface area contributed by atoms with Gasteiger partial charge in [0.05, 0.1) is 16.9 Å². The van der Waals surface area contributed by atoms with Crippen molar-refractivity contribution in [2.24, 2.45) is 0 Å². The van der Waals surface area contributed by atoms with E-state index in [9.17, 15) is 4.79 Å². The molecule has 2 aromatic carbocycles. The Morgan fingerprint density at radius 3 is 2.36 bits per heavy atom. The summed E-state index contributed by atoms with van der Waals surface area (Å²) in [6, 6.07) is 16.6. The summed E-state index contributed by atoms with van der Waals surface area (Å²) in [6.07, 6.45) is 1.68. The van der Waals surface area contributed by atoms with Crippen LogP contribution < -0.4 is 16.8 Å². The highest BCUT2D eigenvalue weighted by atomic mass is 16.6. The van der Waals surface area contributed by atoms with Gasteiger partial charge in [0.15, 0.2) is 5.82 Å². The van der Waals surface area contributed by atoms with Gasteiger partial charge < -0.3 is 21.5 Å². The van der Waals surface area contributed by atoms with Crippen LogP contribution in [0.2, 0.25) is 0 Å². The van der Waals surface area contributed by atoms with E-state index in [0.29, 0.717) is 22.8 Å². The lowest BCUT2D eigenvalue weighted by atomic mass is 10.00. The maximum atomic E-state index is 12.4. The third kappa shape index (κ3) is 4.40. The number of para-hydroxylation sites is 1. The molecule has 0 bridgehead atoms. The molecule has 0 aliphatic heterocycles. The van der Waals surface area contributed by atoms with Crippen LogP contribution in [-0.2, 0) is 4.74 Å². The molecule has 6 heteroatoms. The van der Waals surface area contributed by atoms with Gasteiger partial charge in [-0.3, -0.25) is 0 Å². The van der Waals surface area contributed by atoms with Crippen molar-refractivity contribution in [2.45, 2.75) is 26.4 Å². The minimum absolute atomic E-state index is 0.357. The molecule has 0 aliphatic rings. The number of ether oxygens (including phenoxy) is 1. The number of esters is 1. The Morgan fingerprint density at radius 2 is 1.71 bits per heavy atom. The molecule has 0 spiro atoms. The van der Waals surface area contributed by atoms with E-state index in [1.807, 2.05) is 51.1 Å². The van der Waals surface area contributed by atoms with E-state index in [1.165, 1.54) is 0 Å². The van der Waals surface area contributed by atoms with Crippen LogP contribution in [0, 0.1) is 0 Å². The predicted molar refractivity (Wildman–Crippen MR) is 113 cm³/mol. The van der Waals surface area contributed by atoms with Gasteiger partial charge in [0.25, 0.3) is 0 Å². The SMILES string of the molecule is CC(C)(C)OC(=O)c1cccc(-c2ccc(Nc3ncccc3N)cc2)c1N. The van der Waals surface area contributed by atoms with Gasteiger partial charge in [0.1, 0.15) is 5.60 Å².